The molecular weight excluding hydrogens is 254 g/mol. The van der Waals surface area contributed by atoms with Crippen molar-refractivity contribution < 1.29 is 9.59 Å². The molecule has 0 fully saturated rings. The van der Waals surface area contributed by atoms with Gasteiger partial charge in [0, 0.05) is 31.4 Å². The number of benzene rings is 1. The van der Waals surface area contributed by atoms with Gasteiger partial charge in [-0.1, -0.05) is 6.07 Å². The Kier molecular flexibility index (Phi) is 5.55. The summed E-state index contributed by atoms with van der Waals surface area (Å²) in [6.07, 6.45) is 0. The third-order valence-corrected chi connectivity index (χ3v) is 3.36. The summed E-state index contributed by atoms with van der Waals surface area (Å²) in [6.45, 7) is 7.10. The molecule has 2 N–H and O–H groups in total. The summed E-state index contributed by atoms with van der Waals surface area (Å²) < 4.78 is 0. The molecule has 1 rings (SSSR count). The average Bonchev–Trinajstić information content (AvgIpc) is 2.42. The van der Waals surface area contributed by atoms with Crippen LogP contribution in [0.2, 0.25) is 0 Å². The first-order valence-corrected chi connectivity index (χ1v) is 6.80. The van der Waals surface area contributed by atoms with E-state index in [0.29, 0.717) is 24.3 Å². The number of hydrogen-bond donors (Lipinski definition) is 1. The average molecular weight is 277 g/mol. The van der Waals surface area contributed by atoms with Gasteiger partial charge >= 0.3 is 0 Å². The number of anilines is 1. The van der Waals surface area contributed by atoms with Gasteiger partial charge in [-0.05, 0) is 38.5 Å². The minimum absolute atomic E-state index is 0.0501. The third kappa shape index (κ3) is 3.73. The van der Waals surface area contributed by atoms with Crippen LogP contribution in [0.15, 0.2) is 18.2 Å². The van der Waals surface area contributed by atoms with E-state index in [-0.39, 0.29) is 18.4 Å². The number of amides is 2. The van der Waals surface area contributed by atoms with Crippen LogP contribution in [-0.4, -0.2) is 48.3 Å². The summed E-state index contributed by atoms with van der Waals surface area (Å²) >= 11 is 0. The second kappa shape index (κ2) is 6.93. The van der Waals surface area contributed by atoms with Crippen LogP contribution in [0.1, 0.15) is 29.8 Å². The standard InChI is InChI=1S/C15H23N3O2/c1-5-18(6-2)14(19)10-17(4)15(20)12-8-7-11(3)13(16)9-12/h7-9H,5-6,10,16H2,1-4H3. The highest BCUT2D eigenvalue weighted by molar-refractivity contribution is 5.97. The van der Waals surface area contributed by atoms with Gasteiger partial charge in [0.15, 0.2) is 0 Å². The molecule has 1 aromatic rings. The fourth-order valence-electron chi connectivity index (χ4n) is 1.94. The van der Waals surface area contributed by atoms with Gasteiger partial charge in [-0.3, -0.25) is 9.59 Å². The molecule has 1 aromatic carbocycles. The summed E-state index contributed by atoms with van der Waals surface area (Å²) in [4.78, 5) is 27.3. The molecule has 0 atom stereocenters. The van der Waals surface area contributed by atoms with Crippen molar-refractivity contribution in [2.24, 2.45) is 0 Å². The molecule has 2 amide bonds. The Labute approximate surface area is 120 Å². The smallest absolute Gasteiger partial charge is 0.254 e. The Morgan fingerprint density at radius 1 is 1.20 bits per heavy atom. The normalized spacial score (nSPS) is 10.2. The molecule has 0 aliphatic rings. The number of nitrogens with zero attached hydrogens (tertiary/aromatic N) is 2. The molecule has 20 heavy (non-hydrogen) atoms. The number of rotatable bonds is 5. The summed E-state index contributed by atoms with van der Waals surface area (Å²) in [6, 6.07) is 5.19. The van der Waals surface area contributed by atoms with Gasteiger partial charge in [0.1, 0.15) is 0 Å². The van der Waals surface area contributed by atoms with E-state index in [1.807, 2.05) is 26.8 Å². The highest BCUT2D eigenvalue weighted by Crippen LogP contribution is 2.14. The van der Waals surface area contributed by atoms with Crippen LogP contribution in [-0.2, 0) is 4.79 Å². The van der Waals surface area contributed by atoms with Gasteiger partial charge < -0.3 is 15.5 Å². The number of carbonyl (C=O) groups is 2. The summed E-state index contributed by atoms with van der Waals surface area (Å²) in [7, 11) is 1.62. The molecule has 0 saturated heterocycles. The van der Waals surface area contributed by atoms with Crippen LogP contribution < -0.4 is 5.73 Å². The quantitative estimate of drug-likeness (QED) is 0.830. The Balaban J connectivity index is 2.76. The van der Waals surface area contributed by atoms with E-state index in [1.165, 1.54) is 4.90 Å². The van der Waals surface area contributed by atoms with Crippen molar-refractivity contribution >= 4 is 17.5 Å². The van der Waals surface area contributed by atoms with E-state index in [9.17, 15) is 9.59 Å². The Bertz CT molecular complexity index is 496. The number of carbonyl (C=O) groups excluding carboxylic acids is 2. The number of nitrogens with two attached hydrogens (primary N) is 1. The number of aryl methyl sites for hydroxylation is 1. The van der Waals surface area contributed by atoms with Gasteiger partial charge in [0.2, 0.25) is 5.91 Å². The third-order valence-electron chi connectivity index (χ3n) is 3.36. The lowest BCUT2D eigenvalue weighted by atomic mass is 10.1. The molecule has 0 heterocycles. The van der Waals surface area contributed by atoms with Crippen LogP contribution in [0.25, 0.3) is 0 Å². The van der Waals surface area contributed by atoms with E-state index in [2.05, 4.69) is 0 Å². The number of hydrogen-bond acceptors (Lipinski definition) is 3. The molecule has 0 bridgehead atoms. The second-order valence-corrected chi connectivity index (χ2v) is 4.80. The van der Waals surface area contributed by atoms with Crippen molar-refractivity contribution in [2.45, 2.75) is 20.8 Å². The maximum absolute atomic E-state index is 12.2. The zero-order valence-electron chi connectivity index (χ0n) is 12.6. The zero-order valence-corrected chi connectivity index (χ0v) is 12.6. The first kappa shape index (κ1) is 16.0. The Morgan fingerprint density at radius 3 is 2.30 bits per heavy atom. The van der Waals surface area contributed by atoms with Crippen LogP contribution in [0.5, 0.6) is 0 Å². The van der Waals surface area contributed by atoms with E-state index in [1.54, 1.807) is 24.1 Å². The highest BCUT2D eigenvalue weighted by Gasteiger charge is 2.18. The molecule has 0 unspecified atom stereocenters. The maximum Gasteiger partial charge on any atom is 0.254 e. The Morgan fingerprint density at radius 2 is 1.80 bits per heavy atom. The first-order chi connectivity index (χ1) is 9.40. The second-order valence-electron chi connectivity index (χ2n) is 4.80. The molecule has 0 aliphatic carbocycles. The van der Waals surface area contributed by atoms with E-state index < -0.39 is 0 Å². The van der Waals surface area contributed by atoms with Crippen LogP contribution in [0.3, 0.4) is 0 Å². The SMILES string of the molecule is CCN(CC)C(=O)CN(C)C(=O)c1ccc(C)c(N)c1. The van der Waals surface area contributed by atoms with E-state index >= 15 is 0 Å². The largest absolute Gasteiger partial charge is 0.398 e. The number of nitrogen functional groups attached to an aromatic ring is 1. The lowest BCUT2D eigenvalue weighted by molar-refractivity contribution is -0.131. The Hall–Kier alpha value is -2.04. The number of likely N-dealkylation sites (N-methyl/N-ethyl adjacent to an activating group) is 2. The first-order valence-electron chi connectivity index (χ1n) is 6.80. The van der Waals surface area contributed by atoms with E-state index in [4.69, 9.17) is 5.73 Å². The van der Waals surface area contributed by atoms with Gasteiger partial charge in [-0.2, -0.15) is 0 Å². The molecule has 0 aliphatic heterocycles. The topological polar surface area (TPSA) is 66.6 Å². The van der Waals surface area contributed by atoms with Crippen LogP contribution >= 0.6 is 0 Å². The molecule has 0 radical (unpaired) electrons. The lowest BCUT2D eigenvalue weighted by Gasteiger charge is -2.23. The lowest BCUT2D eigenvalue weighted by Crippen LogP contribution is -2.41. The van der Waals surface area contributed by atoms with Crippen molar-refractivity contribution in [3.05, 3.63) is 29.3 Å². The predicted molar refractivity (Wildman–Crippen MR) is 80.5 cm³/mol. The van der Waals surface area contributed by atoms with Crippen molar-refractivity contribution in [1.82, 2.24) is 9.80 Å². The molecule has 110 valence electrons. The predicted octanol–water partition coefficient (Wildman–Crippen LogP) is 1.52. The molecule has 0 saturated carbocycles. The van der Waals surface area contributed by atoms with Crippen molar-refractivity contribution in [2.75, 3.05) is 32.4 Å². The minimum atomic E-state index is -0.197. The van der Waals surface area contributed by atoms with Crippen LogP contribution in [0.4, 0.5) is 5.69 Å². The van der Waals surface area contributed by atoms with Gasteiger partial charge in [0.25, 0.3) is 5.91 Å². The fourth-order valence-corrected chi connectivity index (χ4v) is 1.94. The van der Waals surface area contributed by atoms with Crippen molar-refractivity contribution in [1.29, 1.82) is 0 Å². The van der Waals surface area contributed by atoms with E-state index in [0.717, 1.165) is 5.56 Å². The van der Waals surface area contributed by atoms with Gasteiger partial charge in [0.05, 0.1) is 6.54 Å². The summed E-state index contributed by atoms with van der Waals surface area (Å²) in [5.41, 5.74) is 7.82. The molecule has 0 spiro atoms. The van der Waals surface area contributed by atoms with Crippen molar-refractivity contribution in [3.63, 3.8) is 0 Å². The molecule has 5 heteroatoms. The summed E-state index contributed by atoms with van der Waals surface area (Å²) in [5, 5.41) is 0. The van der Waals surface area contributed by atoms with Gasteiger partial charge in [-0.25, -0.2) is 0 Å². The maximum atomic E-state index is 12.2. The monoisotopic (exact) mass is 277 g/mol. The molecular formula is C15H23N3O2. The summed E-state index contributed by atoms with van der Waals surface area (Å²) in [5.74, 6) is -0.247. The fraction of sp³-hybridized carbons (Fsp3) is 0.467. The minimum Gasteiger partial charge on any atom is -0.398 e. The molecule has 0 aromatic heterocycles. The van der Waals surface area contributed by atoms with Crippen LogP contribution in [0, 0.1) is 6.92 Å². The highest BCUT2D eigenvalue weighted by atomic mass is 16.2. The van der Waals surface area contributed by atoms with Gasteiger partial charge in [-0.15, -0.1) is 0 Å². The van der Waals surface area contributed by atoms with Crippen molar-refractivity contribution in [3.8, 4) is 0 Å². The zero-order chi connectivity index (χ0) is 15.3. The molecule has 5 nitrogen and oxygen atoms in total.